The van der Waals surface area contributed by atoms with Crippen LogP contribution in [0.1, 0.15) is 26.2 Å². The van der Waals surface area contributed by atoms with Crippen molar-refractivity contribution in [2.45, 2.75) is 37.4 Å². The van der Waals surface area contributed by atoms with Crippen LogP contribution in [0.25, 0.3) is 5.69 Å². The van der Waals surface area contributed by atoms with Crippen LogP contribution in [-0.2, 0) is 14.6 Å². The molecule has 0 bridgehead atoms. The summed E-state index contributed by atoms with van der Waals surface area (Å²) in [6, 6.07) is 9.50. The first-order chi connectivity index (χ1) is 13.0. The zero-order valence-corrected chi connectivity index (χ0v) is 17.0. The van der Waals surface area contributed by atoms with Gasteiger partial charge in [0.05, 0.1) is 17.3 Å². The Bertz CT molecular complexity index is 868. The van der Waals surface area contributed by atoms with E-state index >= 15 is 0 Å². The Morgan fingerprint density at radius 2 is 2.11 bits per heavy atom. The summed E-state index contributed by atoms with van der Waals surface area (Å²) in [5, 5.41) is 8.71. The number of rotatable bonds is 8. The first kappa shape index (κ1) is 19.9. The molecule has 146 valence electrons. The van der Waals surface area contributed by atoms with Gasteiger partial charge in [-0.1, -0.05) is 43.3 Å². The minimum atomic E-state index is -3.03. The quantitative estimate of drug-likeness (QED) is 0.623. The summed E-state index contributed by atoms with van der Waals surface area (Å²) < 4.78 is 25.5. The number of aromatic nitrogens is 3. The summed E-state index contributed by atoms with van der Waals surface area (Å²) in [5.41, 5.74) is 0.933. The van der Waals surface area contributed by atoms with Gasteiger partial charge in [0.1, 0.15) is 6.33 Å². The maximum atomic E-state index is 12.8. The van der Waals surface area contributed by atoms with Gasteiger partial charge in [0.2, 0.25) is 5.91 Å². The third-order valence-electron chi connectivity index (χ3n) is 4.60. The Balaban J connectivity index is 1.67. The zero-order valence-electron chi connectivity index (χ0n) is 15.3. The van der Waals surface area contributed by atoms with E-state index in [4.69, 9.17) is 0 Å². The zero-order chi connectivity index (χ0) is 19.3. The van der Waals surface area contributed by atoms with Crippen LogP contribution in [0.2, 0.25) is 0 Å². The first-order valence-corrected chi connectivity index (χ1v) is 11.9. The van der Waals surface area contributed by atoms with Crippen LogP contribution in [0.3, 0.4) is 0 Å². The van der Waals surface area contributed by atoms with Gasteiger partial charge in [0.25, 0.3) is 0 Å². The number of hydrogen-bond donors (Lipinski definition) is 0. The monoisotopic (exact) mass is 408 g/mol. The molecule has 0 aliphatic carbocycles. The van der Waals surface area contributed by atoms with Crippen molar-refractivity contribution in [3.8, 4) is 5.69 Å². The molecule has 1 unspecified atom stereocenters. The molecule has 1 aliphatic heterocycles. The average Bonchev–Trinajstić information content (AvgIpc) is 3.27. The standard InChI is InChI=1S/C18H24N4O3S2/c1-2-3-10-21(16-9-11-27(24,25)13-16)17(23)12-26-18-20-19-14-22(18)15-7-5-4-6-8-15/h4-8,14,16H,2-3,9-13H2,1H3. The van der Waals surface area contributed by atoms with Crippen molar-refractivity contribution in [3.63, 3.8) is 0 Å². The lowest BCUT2D eigenvalue weighted by molar-refractivity contribution is -0.130. The van der Waals surface area contributed by atoms with Gasteiger partial charge in [0.15, 0.2) is 15.0 Å². The van der Waals surface area contributed by atoms with Gasteiger partial charge >= 0.3 is 0 Å². The number of thioether (sulfide) groups is 1. The fraction of sp³-hybridized carbons (Fsp3) is 0.500. The number of nitrogens with zero attached hydrogens (tertiary/aromatic N) is 4. The molecule has 0 saturated carbocycles. The summed E-state index contributed by atoms with van der Waals surface area (Å²) >= 11 is 1.33. The Hall–Kier alpha value is -1.87. The molecular weight excluding hydrogens is 384 g/mol. The van der Waals surface area contributed by atoms with Crippen molar-refractivity contribution in [1.82, 2.24) is 19.7 Å². The van der Waals surface area contributed by atoms with Crippen LogP contribution in [0.15, 0.2) is 41.8 Å². The van der Waals surface area contributed by atoms with Crippen molar-refractivity contribution in [1.29, 1.82) is 0 Å². The molecule has 27 heavy (non-hydrogen) atoms. The fourth-order valence-electron chi connectivity index (χ4n) is 3.16. The van der Waals surface area contributed by atoms with Crippen LogP contribution in [-0.4, -0.2) is 63.8 Å². The lowest BCUT2D eigenvalue weighted by Crippen LogP contribution is -2.42. The molecule has 7 nitrogen and oxygen atoms in total. The maximum absolute atomic E-state index is 12.8. The molecule has 9 heteroatoms. The van der Waals surface area contributed by atoms with Crippen molar-refractivity contribution in [2.24, 2.45) is 0 Å². The molecular formula is C18H24N4O3S2. The van der Waals surface area contributed by atoms with Gasteiger partial charge in [-0.15, -0.1) is 10.2 Å². The summed E-state index contributed by atoms with van der Waals surface area (Å²) in [6.07, 6.45) is 3.98. The molecule has 2 aromatic rings. The van der Waals surface area contributed by atoms with Crippen LogP contribution < -0.4 is 0 Å². The highest BCUT2D eigenvalue weighted by Gasteiger charge is 2.34. The largest absolute Gasteiger partial charge is 0.338 e. The Morgan fingerprint density at radius 1 is 1.33 bits per heavy atom. The highest BCUT2D eigenvalue weighted by Crippen LogP contribution is 2.23. The second kappa shape index (κ2) is 8.88. The van der Waals surface area contributed by atoms with Crippen LogP contribution in [0.5, 0.6) is 0 Å². The number of benzene rings is 1. The molecule has 1 atom stereocenters. The molecule has 1 aliphatic rings. The second-order valence-electron chi connectivity index (χ2n) is 6.61. The number of hydrogen-bond acceptors (Lipinski definition) is 6. The first-order valence-electron chi connectivity index (χ1n) is 9.08. The van der Waals surface area contributed by atoms with Gasteiger partial charge < -0.3 is 4.90 Å². The highest BCUT2D eigenvalue weighted by atomic mass is 32.2. The summed E-state index contributed by atoms with van der Waals surface area (Å²) in [7, 11) is -3.03. The Labute approximate surface area is 164 Å². The Kier molecular flexibility index (Phi) is 6.54. The van der Waals surface area contributed by atoms with E-state index in [1.807, 2.05) is 34.9 Å². The molecule has 1 amide bonds. The Morgan fingerprint density at radius 3 is 2.78 bits per heavy atom. The third-order valence-corrected chi connectivity index (χ3v) is 7.28. The molecule has 1 aromatic carbocycles. The summed E-state index contributed by atoms with van der Waals surface area (Å²) in [5.74, 6) is 0.417. The third kappa shape index (κ3) is 5.10. The SMILES string of the molecule is CCCCN(C(=O)CSc1nncn1-c1ccccc1)C1CCS(=O)(=O)C1. The van der Waals surface area contributed by atoms with Crippen molar-refractivity contribution in [3.05, 3.63) is 36.7 Å². The lowest BCUT2D eigenvalue weighted by Gasteiger charge is -2.28. The molecule has 0 radical (unpaired) electrons. The van der Waals surface area contributed by atoms with Crippen molar-refractivity contribution >= 4 is 27.5 Å². The second-order valence-corrected chi connectivity index (χ2v) is 9.78. The van der Waals surface area contributed by atoms with Crippen LogP contribution in [0.4, 0.5) is 0 Å². The molecule has 1 aromatic heterocycles. The smallest absolute Gasteiger partial charge is 0.233 e. The molecule has 0 spiro atoms. The van der Waals surface area contributed by atoms with Gasteiger partial charge in [-0.3, -0.25) is 9.36 Å². The van der Waals surface area contributed by atoms with E-state index < -0.39 is 9.84 Å². The number of amides is 1. The number of carbonyl (C=O) groups excluding carboxylic acids is 1. The number of carbonyl (C=O) groups is 1. The number of unbranched alkanes of at least 4 members (excludes halogenated alkanes) is 1. The molecule has 1 saturated heterocycles. The van der Waals surface area contributed by atoms with E-state index in [2.05, 4.69) is 17.1 Å². The van der Waals surface area contributed by atoms with Gasteiger partial charge in [-0.05, 0) is 25.0 Å². The highest BCUT2D eigenvalue weighted by molar-refractivity contribution is 7.99. The predicted octanol–water partition coefficient (Wildman–Crippen LogP) is 2.18. The van der Waals surface area contributed by atoms with Crippen molar-refractivity contribution < 1.29 is 13.2 Å². The average molecular weight is 409 g/mol. The number of sulfone groups is 1. The minimum absolute atomic E-state index is 0.0434. The molecule has 1 fully saturated rings. The normalized spacial score (nSPS) is 18.5. The molecule has 0 N–H and O–H groups in total. The van der Waals surface area contributed by atoms with Gasteiger partial charge in [-0.2, -0.15) is 0 Å². The van der Waals surface area contributed by atoms with E-state index in [1.54, 1.807) is 11.2 Å². The van der Waals surface area contributed by atoms with Crippen molar-refractivity contribution in [2.75, 3.05) is 23.8 Å². The molecule has 2 heterocycles. The fourth-order valence-corrected chi connectivity index (χ4v) is 5.70. The van der Waals surface area contributed by atoms with Gasteiger partial charge in [0, 0.05) is 18.3 Å². The maximum Gasteiger partial charge on any atom is 0.233 e. The number of para-hydroxylation sites is 1. The lowest BCUT2D eigenvalue weighted by atomic mass is 10.2. The van der Waals surface area contributed by atoms with E-state index in [9.17, 15) is 13.2 Å². The van der Waals surface area contributed by atoms with E-state index in [0.717, 1.165) is 18.5 Å². The minimum Gasteiger partial charge on any atom is -0.338 e. The predicted molar refractivity (Wildman–Crippen MR) is 106 cm³/mol. The topological polar surface area (TPSA) is 85.2 Å². The van der Waals surface area contributed by atoms with Crippen LogP contribution in [0, 0.1) is 0 Å². The van der Waals surface area contributed by atoms with E-state index in [1.165, 1.54) is 11.8 Å². The summed E-state index contributed by atoms with van der Waals surface area (Å²) in [4.78, 5) is 14.6. The van der Waals surface area contributed by atoms with Gasteiger partial charge in [-0.25, -0.2) is 8.42 Å². The van der Waals surface area contributed by atoms with E-state index in [0.29, 0.717) is 18.1 Å². The molecule has 3 rings (SSSR count). The van der Waals surface area contributed by atoms with Crippen LogP contribution >= 0.6 is 11.8 Å². The van der Waals surface area contributed by atoms with E-state index in [-0.39, 0.29) is 29.2 Å². The summed E-state index contributed by atoms with van der Waals surface area (Å²) in [6.45, 7) is 2.66.